The highest BCUT2D eigenvalue weighted by molar-refractivity contribution is 14.1. The highest BCUT2D eigenvalue weighted by Gasteiger charge is 2.18. The van der Waals surface area contributed by atoms with Crippen LogP contribution in [-0.2, 0) is 4.79 Å². The number of carbonyl (C=O) groups is 1. The minimum Gasteiger partial charge on any atom is -0.410 e. The first-order chi connectivity index (χ1) is 7.07. The van der Waals surface area contributed by atoms with Gasteiger partial charge in [-0.25, -0.2) is 0 Å². The van der Waals surface area contributed by atoms with E-state index in [0.717, 1.165) is 3.57 Å². The van der Waals surface area contributed by atoms with Gasteiger partial charge in [-0.05, 0) is 28.7 Å². The Hall–Kier alpha value is -1.11. The summed E-state index contributed by atoms with van der Waals surface area (Å²) >= 11 is 2.09. The second-order valence-corrected chi connectivity index (χ2v) is 4.29. The molecule has 0 fully saturated rings. The number of hydrogen-bond acceptors (Lipinski definition) is 3. The fraction of sp³-hybridized carbons (Fsp3) is 0.200. The molecule has 0 saturated heterocycles. The van der Waals surface area contributed by atoms with Gasteiger partial charge in [0.2, 0.25) is 0 Å². The van der Waals surface area contributed by atoms with E-state index in [4.69, 9.17) is 5.21 Å². The molecule has 0 spiro atoms. The smallest absolute Gasteiger partial charge is 0.276 e. The second kappa shape index (κ2) is 5.11. The standard InChI is InChI=1S/C10H11IN2O2/c1-13(2)10(14)9(12-15)7-5-3-4-6-8(7)11/h3-6,15H,1-2H3. The molecule has 1 amide bonds. The van der Waals surface area contributed by atoms with Crippen molar-refractivity contribution in [1.29, 1.82) is 0 Å². The topological polar surface area (TPSA) is 52.9 Å². The number of carbonyl (C=O) groups excluding carboxylic acids is 1. The van der Waals surface area contributed by atoms with Gasteiger partial charge >= 0.3 is 0 Å². The van der Waals surface area contributed by atoms with E-state index in [1.54, 1.807) is 26.2 Å². The molecule has 0 atom stereocenters. The molecule has 1 aromatic carbocycles. The van der Waals surface area contributed by atoms with E-state index in [1.165, 1.54) is 4.90 Å². The predicted molar refractivity (Wildman–Crippen MR) is 66.2 cm³/mol. The van der Waals surface area contributed by atoms with E-state index in [1.807, 2.05) is 12.1 Å². The van der Waals surface area contributed by atoms with Crippen molar-refractivity contribution in [1.82, 2.24) is 4.90 Å². The van der Waals surface area contributed by atoms with Gasteiger partial charge in [0.15, 0.2) is 5.71 Å². The largest absolute Gasteiger partial charge is 0.410 e. The molecule has 5 heteroatoms. The van der Waals surface area contributed by atoms with Crippen molar-refractivity contribution in [3.63, 3.8) is 0 Å². The lowest BCUT2D eigenvalue weighted by Gasteiger charge is -2.12. The summed E-state index contributed by atoms with van der Waals surface area (Å²) in [5.74, 6) is -0.318. The maximum Gasteiger partial charge on any atom is 0.276 e. The molecule has 4 nitrogen and oxygen atoms in total. The molecule has 0 bridgehead atoms. The monoisotopic (exact) mass is 318 g/mol. The average Bonchev–Trinajstić information content (AvgIpc) is 2.21. The molecule has 1 aromatic rings. The Bertz CT molecular complexity index is 402. The highest BCUT2D eigenvalue weighted by atomic mass is 127. The molecule has 0 radical (unpaired) electrons. The van der Waals surface area contributed by atoms with E-state index >= 15 is 0 Å². The number of likely N-dealkylation sites (N-methyl/N-ethyl adjacent to an activating group) is 1. The summed E-state index contributed by atoms with van der Waals surface area (Å²) in [4.78, 5) is 13.0. The van der Waals surface area contributed by atoms with E-state index < -0.39 is 0 Å². The van der Waals surface area contributed by atoms with Crippen molar-refractivity contribution in [2.45, 2.75) is 0 Å². The second-order valence-electron chi connectivity index (χ2n) is 3.13. The Kier molecular flexibility index (Phi) is 4.07. The SMILES string of the molecule is CN(C)C(=O)C(=NO)c1ccccc1I. The molecular weight excluding hydrogens is 307 g/mol. The van der Waals surface area contributed by atoms with Crippen LogP contribution in [0, 0.1) is 3.57 Å². The first-order valence-corrected chi connectivity index (χ1v) is 5.34. The van der Waals surface area contributed by atoms with Gasteiger partial charge in [0.1, 0.15) is 0 Å². The highest BCUT2D eigenvalue weighted by Crippen LogP contribution is 2.13. The van der Waals surface area contributed by atoms with Gasteiger partial charge in [-0.1, -0.05) is 23.4 Å². The van der Waals surface area contributed by atoms with E-state index in [0.29, 0.717) is 5.56 Å². The van der Waals surface area contributed by atoms with Gasteiger partial charge in [-0.2, -0.15) is 0 Å². The van der Waals surface area contributed by atoms with E-state index in [9.17, 15) is 4.79 Å². The lowest BCUT2D eigenvalue weighted by molar-refractivity contribution is -0.121. The van der Waals surface area contributed by atoms with Crippen LogP contribution in [0.2, 0.25) is 0 Å². The average molecular weight is 318 g/mol. The van der Waals surface area contributed by atoms with Gasteiger partial charge in [0.05, 0.1) is 0 Å². The zero-order chi connectivity index (χ0) is 11.4. The molecule has 1 N–H and O–H groups in total. The first kappa shape index (κ1) is 12.0. The van der Waals surface area contributed by atoms with Crippen molar-refractivity contribution in [2.75, 3.05) is 14.1 Å². The van der Waals surface area contributed by atoms with Gasteiger partial charge in [0, 0.05) is 23.2 Å². The lowest BCUT2D eigenvalue weighted by Crippen LogP contribution is -2.31. The normalized spacial score (nSPS) is 11.3. The van der Waals surface area contributed by atoms with Crippen LogP contribution in [0.5, 0.6) is 0 Å². The summed E-state index contributed by atoms with van der Waals surface area (Å²) in [7, 11) is 3.23. The van der Waals surface area contributed by atoms with Crippen LogP contribution in [0.3, 0.4) is 0 Å². The minimum atomic E-state index is -0.318. The van der Waals surface area contributed by atoms with Crippen LogP contribution in [-0.4, -0.2) is 35.8 Å². The van der Waals surface area contributed by atoms with Crippen molar-refractivity contribution in [2.24, 2.45) is 5.16 Å². The summed E-state index contributed by atoms with van der Waals surface area (Å²) in [6.07, 6.45) is 0. The number of oxime groups is 1. The van der Waals surface area contributed by atoms with Crippen LogP contribution >= 0.6 is 22.6 Å². The van der Waals surface area contributed by atoms with Crippen LogP contribution in [0.4, 0.5) is 0 Å². The maximum atomic E-state index is 11.7. The minimum absolute atomic E-state index is 0.0602. The Morgan fingerprint density at radius 3 is 2.47 bits per heavy atom. The number of benzene rings is 1. The third-order valence-corrected chi connectivity index (χ3v) is 2.78. The first-order valence-electron chi connectivity index (χ1n) is 4.26. The molecule has 0 aliphatic rings. The number of hydrogen-bond donors (Lipinski definition) is 1. The molecule has 0 heterocycles. The molecule has 0 aliphatic carbocycles. The Labute approximate surface area is 102 Å². The summed E-state index contributed by atoms with van der Waals surface area (Å²) in [5, 5.41) is 11.9. The molecule has 0 saturated carbocycles. The zero-order valence-electron chi connectivity index (χ0n) is 8.44. The number of amides is 1. The van der Waals surface area contributed by atoms with E-state index in [-0.39, 0.29) is 11.6 Å². The molecule has 0 aliphatic heterocycles. The van der Waals surface area contributed by atoms with Gasteiger partial charge in [-0.15, -0.1) is 0 Å². The van der Waals surface area contributed by atoms with Crippen LogP contribution in [0.15, 0.2) is 29.4 Å². The molecule has 0 unspecified atom stereocenters. The van der Waals surface area contributed by atoms with Crippen LogP contribution in [0.25, 0.3) is 0 Å². The van der Waals surface area contributed by atoms with Gasteiger partial charge in [-0.3, -0.25) is 4.79 Å². The van der Waals surface area contributed by atoms with Crippen LogP contribution < -0.4 is 0 Å². The number of nitrogens with zero attached hydrogens (tertiary/aromatic N) is 2. The lowest BCUT2D eigenvalue weighted by atomic mass is 10.1. The molecule has 1 rings (SSSR count). The Morgan fingerprint density at radius 2 is 2.00 bits per heavy atom. The van der Waals surface area contributed by atoms with Crippen molar-refractivity contribution >= 4 is 34.2 Å². The maximum absolute atomic E-state index is 11.7. The van der Waals surface area contributed by atoms with Crippen LogP contribution in [0.1, 0.15) is 5.56 Å². The fourth-order valence-corrected chi connectivity index (χ4v) is 1.72. The Balaban J connectivity index is 3.16. The quantitative estimate of drug-likeness (QED) is 0.389. The van der Waals surface area contributed by atoms with Gasteiger partial charge in [0.25, 0.3) is 5.91 Å². The summed E-state index contributed by atoms with van der Waals surface area (Å²) in [5.41, 5.74) is 0.698. The third-order valence-electron chi connectivity index (χ3n) is 1.84. The number of rotatable bonds is 2. The van der Waals surface area contributed by atoms with E-state index in [2.05, 4.69) is 27.7 Å². The fourth-order valence-electron chi connectivity index (χ4n) is 1.08. The number of halogens is 1. The predicted octanol–water partition coefficient (Wildman–Crippen LogP) is 1.56. The molecule has 15 heavy (non-hydrogen) atoms. The summed E-state index contributed by atoms with van der Waals surface area (Å²) in [6, 6.07) is 7.26. The van der Waals surface area contributed by atoms with Crippen molar-refractivity contribution in [3.05, 3.63) is 33.4 Å². The molecule has 0 aromatic heterocycles. The summed E-state index contributed by atoms with van der Waals surface area (Å²) in [6.45, 7) is 0. The molecule has 80 valence electrons. The third kappa shape index (κ3) is 2.68. The van der Waals surface area contributed by atoms with Gasteiger partial charge < -0.3 is 10.1 Å². The molecular formula is C10H11IN2O2. The zero-order valence-corrected chi connectivity index (χ0v) is 10.6. The van der Waals surface area contributed by atoms with Crippen molar-refractivity contribution < 1.29 is 10.0 Å². The Morgan fingerprint density at radius 1 is 1.40 bits per heavy atom. The van der Waals surface area contributed by atoms with Crippen molar-refractivity contribution in [3.8, 4) is 0 Å². The summed E-state index contributed by atoms with van der Waals surface area (Å²) < 4.78 is 0.873.